The van der Waals surface area contributed by atoms with E-state index in [1.807, 2.05) is 24.3 Å². The Morgan fingerprint density at radius 1 is 1.00 bits per heavy atom. The first-order valence-corrected chi connectivity index (χ1v) is 12.0. The fraction of sp³-hybridized carbons (Fsp3) is 0.444. The summed E-state index contributed by atoms with van der Waals surface area (Å²) in [5.41, 5.74) is 4.76. The molecule has 2 saturated carbocycles. The number of hydrogen-bond donors (Lipinski definition) is 3. The van der Waals surface area contributed by atoms with Crippen LogP contribution in [-0.4, -0.2) is 41.8 Å². The average molecular weight is 463 g/mol. The molecule has 0 spiro atoms. The van der Waals surface area contributed by atoms with Crippen LogP contribution in [0.3, 0.4) is 0 Å². The molecule has 0 aliphatic heterocycles. The van der Waals surface area contributed by atoms with E-state index in [0.29, 0.717) is 12.3 Å². The summed E-state index contributed by atoms with van der Waals surface area (Å²) < 4.78 is 5.67. The third kappa shape index (κ3) is 4.27. The molecule has 2 aromatic rings. The van der Waals surface area contributed by atoms with Crippen molar-refractivity contribution in [3.8, 4) is 11.1 Å². The van der Waals surface area contributed by atoms with Crippen LogP contribution in [0.15, 0.2) is 48.5 Å². The zero-order valence-electron chi connectivity index (χ0n) is 19.2. The van der Waals surface area contributed by atoms with Gasteiger partial charge in [-0.2, -0.15) is 0 Å². The number of alkyl carbamates (subject to hydrolysis) is 1. The molecule has 34 heavy (non-hydrogen) atoms. The second-order valence-electron chi connectivity index (χ2n) is 9.91. The van der Waals surface area contributed by atoms with Gasteiger partial charge in [0.2, 0.25) is 5.91 Å². The van der Waals surface area contributed by atoms with E-state index in [-0.39, 0.29) is 42.7 Å². The Labute approximate surface area is 198 Å². The highest BCUT2D eigenvalue weighted by Gasteiger charge is 2.50. The Bertz CT molecular complexity index is 1070. The summed E-state index contributed by atoms with van der Waals surface area (Å²) in [6, 6.07) is 16.1. The van der Waals surface area contributed by atoms with Crippen molar-refractivity contribution in [2.24, 2.45) is 17.8 Å². The smallest absolute Gasteiger partial charge is 0.407 e. The molecule has 0 radical (unpaired) electrons. The predicted molar refractivity (Wildman–Crippen MR) is 126 cm³/mol. The van der Waals surface area contributed by atoms with Crippen molar-refractivity contribution < 1.29 is 24.2 Å². The van der Waals surface area contributed by atoms with E-state index in [2.05, 4.69) is 34.9 Å². The standard InChI is InChI=1S/C27H30N2O5/c1-15(10-25(30)31)28-26(32)17-11-16-13-24(22(16)12-17)29-27(33)34-14-23-20-8-4-2-6-18(20)19-7-3-5-9-21(19)23/h2-9,15-17,22-24H,10-14H2,1H3,(H,28,32)(H,29,33)(H,30,31)/t15-,16?,17?,22?,24?/m0/s1. The van der Waals surface area contributed by atoms with E-state index in [0.717, 1.165) is 12.8 Å². The van der Waals surface area contributed by atoms with Gasteiger partial charge >= 0.3 is 12.1 Å². The highest BCUT2D eigenvalue weighted by molar-refractivity contribution is 5.80. The molecule has 4 unspecified atom stereocenters. The molecule has 0 aromatic heterocycles. The van der Waals surface area contributed by atoms with Gasteiger partial charge in [-0.05, 0) is 60.3 Å². The number of ether oxygens (including phenoxy) is 1. The van der Waals surface area contributed by atoms with Gasteiger partial charge in [0.15, 0.2) is 0 Å². The van der Waals surface area contributed by atoms with Gasteiger partial charge in [0, 0.05) is 23.9 Å². The van der Waals surface area contributed by atoms with Crippen LogP contribution in [0, 0.1) is 17.8 Å². The number of rotatable bonds is 7. The first-order chi connectivity index (χ1) is 16.4. The Kier molecular flexibility index (Phi) is 6.02. The number of hydrogen-bond acceptors (Lipinski definition) is 4. The molecule has 178 valence electrons. The molecule has 2 amide bonds. The summed E-state index contributed by atoms with van der Waals surface area (Å²) >= 11 is 0. The molecule has 2 aromatic carbocycles. The van der Waals surface area contributed by atoms with E-state index < -0.39 is 18.1 Å². The minimum atomic E-state index is -0.924. The molecular weight excluding hydrogens is 432 g/mol. The Morgan fingerprint density at radius 3 is 2.29 bits per heavy atom. The van der Waals surface area contributed by atoms with Gasteiger partial charge in [0.25, 0.3) is 0 Å². The summed E-state index contributed by atoms with van der Waals surface area (Å²) in [6.45, 7) is 1.99. The minimum Gasteiger partial charge on any atom is -0.481 e. The van der Waals surface area contributed by atoms with Crippen LogP contribution in [0.4, 0.5) is 4.79 Å². The van der Waals surface area contributed by atoms with Gasteiger partial charge in [0.1, 0.15) is 6.61 Å². The normalized spacial score (nSPS) is 25.3. The Hall–Kier alpha value is -3.35. The molecular formula is C27H30N2O5. The summed E-state index contributed by atoms with van der Waals surface area (Å²) in [4.78, 5) is 36.0. The van der Waals surface area contributed by atoms with Crippen LogP contribution in [-0.2, 0) is 14.3 Å². The summed E-state index contributed by atoms with van der Waals surface area (Å²) in [5, 5.41) is 14.7. The van der Waals surface area contributed by atoms with Gasteiger partial charge in [0.05, 0.1) is 6.42 Å². The molecule has 0 heterocycles. The van der Waals surface area contributed by atoms with Crippen molar-refractivity contribution in [1.82, 2.24) is 10.6 Å². The van der Waals surface area contributed by atoms with E-state index in [1.165, 1.54) is 22.3 Å². The number of benzene rings is 2. The lowest BCUT2D eigenvalue weighted by atomic mass is 9.71. The third-order valence-electron chi connectivity index (χ3n) is 7.71. The monoisotopic (exact) mass is 462 g/mol. The topological polar surface area (TPSA) is 105 Å². The highest BCUT2D eigenvalue weighted by atomic mass is 16.5. The van der Waals surface area contributed by atoms with Crippen LogP contribution in [0.2, 0.25) is 0 Å². The second kappa shape index (κ2) is 9.12. The second-order valence-corrected chi connectivity index (χ2v) is 9.91. The number of amides is 2. The van der Waals surface area contributed by atoms with E-state index in [4.69, 9.17) is 9.84 Å². The minimum absolute atomic E-state index is 0.0230. The fourth-order valence-corrected chi connectivity index (χ4v) is 6.07. The lowest BCUT2D eigenvalue weighted by molar-refractivity contribution is -0.137. The molecule has 3 aliphatic rings. The van der Waals surface area contributed by atoms with Crippen molar-refractivity contribution in [3.05, 3.63) is 59.7 Å². The van der Waals surface area contributed by atoms with Crippen LogP contribution in [0.5, 0.6) is 0 Å². The highest BCUT2D eigenvalue weighted by Crippen LogP contribution is 2.50. The third-order valence-corrected chi connectivity index (χ3v) is 7.71. The number of nitrogens with one attached hydrogen (secondary N) is 2. The maximum atomic E-state index is 12.6. The molecule has 3 N–H and O–H groups in total. The number of carboxylic acids is 1. The number of carboxylic acid groups (broad SMARTS) is 1. The summed E-state index contributed by atoms with van der Waals surface area (Å²) in [5.74, 6) is -0.412. The summed E-state index contributed by atoms with van der Waals surface area (Å²) in [7, 11) is 0. The number of aliphatic carboxylic acids is 1. The van der Waals surface area contributed by atoms with Crippen LogP contribution >= 0.6 is 0 Å². The van der Waals surface area contributed by atoms with Crippen molar-refractivity contribution in [1.29, 1.82) is 0 Å². The molecule has 5 rings (SSSR count). The molecule has 7 nitrogen and oxygen atoms in total. The lowest BCUT2D eigenvalue weighted by Gasteiger charge is -2.40. The molecule has 3 aliphatic carbocycles. The maximum Gasteiger partial charge on any atom is 0.407 e. The zero-order chi connectivity index (χ0) is 23.8. The van der Waals surface area contributed by atoms with E-state index >= 15 is 0 Å². The summed E-state index contributed by atoms with van der Waals surface area (Å²) in [6.07, 6.45) is 1.86. The van der Waals surface area contributed by atoms with Crippen molar-refractivity contribution in [3.63, 3.8) is 0 Å². The predicted octanol–water partition coefficient (Wildman–Crippen LogP) is 3.92. The molecule has 0 bridgehead atoms. The molecule has 0 saturated heterocycles. The van der Waals surface area contributed by atoms with Crippen molar-refractivity contribution in [2.75, 3.05) is 6.61 Å². The lowest BCUT2D eigenvalue weighted by Crippen LogP contribution is -2.50. The fourth-order valence-electron chi connectivity index (χ4n) is 6.07. The van der Waals surface area contributed by atoms with Crippen LogP contribution < -0.4 is 10.6 Å². The number of carbonyl (C=O) groups excluding carboxylic acids is 2. The van der Waals surface area contributed by atoms with Crippen LogP contribution in [0.25, 0.3) is 11.1 Å². The van der Waals surface area contributed by atoms with Crippen molar-refractivity contribution >= 4 is 18.0 Å². The van der Waals surface area contributed by atoms with Crippen molar-refractivity contribution in [2.45, 2.75) is 50.6 Å². The first kappa shape index (κ1) is 22.4. The molecule has 5 atom stereocenters. The zero-order valence-corrected chi connectivity index (χ0v) is 19.2. The molecule has 2 fully saturated rings. The Morgan fingerprint density at radius 2 is 1.65 bits per heavy atom. The van der Waals surface area contributed by atoms with E-state index in [9.17, 15) is 14.4 Å². The van der Waals surface area contributed by atoms with Gasteiger partial charge in [-0.25, -0.2) is 4.79 Å². The number of fused-ring (bicyclic) bond motifs is 4. The average Bonchev–Trinajstić information content (AvgIpc) is 3.31. The number of carbonyl (C=O) groups is 3. The van der Waals surface area contributed by atoms with Gasteiger partial charge < -0.3 is 20.5 Å². The first-order valence-electron chi connectivity index (χ1n) is 12.0. The largest absolute Gasteiger partial charge is 0.481 e. The van der Waals surface area contributed by atoms with Gasteiger partial charge in [-0.1, -0.05) is 48.5 Å². The molecule has 7 heteroatoms. The Balaban J connectivity index is 1.13. The maximum absolute atomic E-state index is 12.6. The quantitative estimate of drug-likeness (QED) is 0.579. The van der Waals surface area contributed by atoms with Crippen LogP contribution in [0.1, 0.15) is 49.7 Å². The van der Waals surface area contributed by atoms with Gasteiger partial charge in [-0.3, -0.25) is 9.59 Å². The SMILES string of the molecule is C[C@@H](CC(=O)O)NC(=O)C1CC2CC(NC(=O)OCC3c4ccccc4-c4ccccc43)C2C1. The van der Waals surface area contributed by atoms with Gasteiger partial charge in [-0.15, -0.1) is 0 Å². The van der Waals surface area contributed by atoms with E-state index in [1.54, 1.807) is 6.92 Å².